The van der Waals surface area contributed by atoms with Crippen molar-refractivity contribution in [1.82, 2.24) is 35.0 Å². The van der Waals surface area contributed by atoms with E-state index in [9.17, 15) is 9.79 Å². The summed E-state index contributed by atoms with van der Waals surface area (Å²) in [5.41, 5.74) is 14.6. The Morgan fingerprint density at radius 1 is 0.956 bits per heavy atom. The smallest absolute Gasteiger partial charge is 0.325 e. The van der Waals surface area contributed by atoms with Crippen molar-refractivity contribution >= 4 is 72.4 Å². The molecule has 19 nitrogen and oxygen atoms in total. The van der Waals surface area contributed by atoms with E-state index in [-0.39, 0.29) is 39.5 Å². The summed E-state index contributed by atoms with van der Waals surface area (Å²) in [5, 5.41) is 5.61. The van der Waals surface area contributed by atoms with Gasteiger partial charge in [0.2, 0.25) is 5.95 Å². The van der Waals surface area contributed by atoms with E-state index in [4.69, 9.17) is 62.6 Å². The third-order valence-electron chi connectivity index (χ3n) is 7.21. The number of hydrogen-bond acceptors (Lipinski definition) is 18. The van der Waals surface area contributed by atoms with Crippen molar-refractivity contribution in [1.29, 1.82) is 0 Å². The van der Waals surface area contributed by atoms with Crippen LogP contribution in [-0.2, 0) is 51.2 Å². The van der Waals surface area contributed by atoms with Gasteiger partial charge in [0, 0.05) is 0 Å². The normalized spacial score (nSPS) is 38.4. The van der Waals surface area contributed by atoms with E-state index in [1.54, 1.807) is 0 Å². The molecule has 2 unspecified atom stereocenters. The fourth-order valence-electron chi connectivity index (χ4n) is 5.21. The van der Waals surface area contributed by atoms with Gasteiger partial charge in [0.05, 0.1) is 24.9 Å². The second kappa shape index (κ2) is 11.2. The molecule has 10 atom stereocenters. The maximum absolute atomic E-state index is 16.0. The van der Waals surface area contributed by atoms with E-state index >= 15 is 8.78 Å². The fourth-order valence-corrected chi connectivity index (χ4v) is 8.05. The van der Waals surface area contributed by atoms with E-state index in [0.29, 0.717) is 0 Å². The van der Waals surface area contributed by atoms with E-state index in [2.05, 4.69) is 42.1 Å². The number of ether oxygens (including phenoxy) is 2. The number of alkyl halides is 2. The molecule has 0 saturated carbocycles. The molecule has 7 rings (SSSR count). The minimum atomic E-state index is -4.32. The minimum absolute atomic E-state index is 0.0528. The molecule has 0 amide bonds. The van der Waals surface area contributed by atoms with Crippen LogP contribution in [0.15, 0.2) is 17.8 Å². The monoisotopic (exact) mass is 709 g/mol. The van der Waals surface area contributed by atoms with Crippen LogP contribution in [0, 0.1) is 0 Å². The van der Waals surface area contributed by atoms with Crippen LogP contribution in [0.2, 0.25) is 0 Å². The Morgan fingerprint density at radius 2 is 1.64 bits per heavy atom. The quantitative estimate of drug-likeness (QED) is 0.186. The zero-order valence-corrected chi connectivity index (χ0v) is 25.9. The molecule has 3 aromatic rings. The van der Waals surface area contributed by atoms with Gasteiger partial charge in [-0.3, -0.25) is 13.6 Å². The third-order valence-corrected chi connectivity index (χ3v) is 10.3. The molecule has 4 aliphatic rings. The van der Waals surface area contributed by atoms with Gasteiger partial charge in [-0.2, -0.15) is 10.1 Å². The maximum atomic E-state index is 16.0. The first-order valence-corrected chi connectivity index (χ1v) is 18.1. The van der Waals surface area contributed by atoms with Crippen LogP contribution < -0.4 is 32.7 Å². The molecule has 2 bridgehead atoms. The molecule has 3 saturated heterocycles. The van der Waals surface area contributed by atoms with E-state index in [1.807, 2.05) is 0 Å². The molecular weight excluding hydrogens is 686 g/mol. The molecule has 0 aliphatic carbocycles. The van der Waals surface area contributed by atoms with Crippen molar-refractivity contribution < 1.29 is 46.1 Å². The SMILES string of the molecule is C=c1nc(N)nc2c1=NNN2[C@@H]1O[C@@H]2COP(O)(=S)O[C@H]3[C@H](F)[C@H](n4cnc5c(N)ncnc54)O[C@@H]3COP(O)(=S)O[C@@H]1[C@@H]2F. The number of rotatable bonds is 2. The lowest BCUT2D eigenvalue weighted by Crippen LogP contribution is -2.49. The third kappa shape index (κ3) is 5.55. The summed E-state index contributed by atoms with van der Waals surface area (Å²) in [6.45, 7) is -6.17. The van der Waals surface area contributed by atoms with Crippen LogP contribution in [0.25, 0.3) is 17.7 Å². The molecule has 25 heteroatoms. The standard InChI is InChI=1S/C20H23F2N11O8P2S2/c1-6-11-17(29-20(24)28-6)33(31-30-11)19-14-9(21)7(38-19)2-36-42(34,44)40-13-8(3-37-43(35,45)41-14)39-18(10(13)22)32-5-27-12-15(23)25-4-26-16(12)32/h4-5,7-10,13-14,18-19,31H,1-3H2,(H2,24,28)(H,34,44)(H,35,45)(H2,23,25,26)/t7-,8-,9-,10+,13-,14-,18-,19-,42?,43?/m1/s1. The zero-order chi connectivity index (χ0) is 31.8. The summed E-state index contributed by atoms with van der Waals surface area (Å²) in [5.74, 6) is -0.0251. The lowest BCUT2D eigenvalue weighted by molar-refractivity contribution is -0.0490. The number of nitrogens with one attached hydrogen (secondary N) is 1. The second-order valence-electron chi connectivity index (χ2n) is 10.1. The molecule has 7 heterocycles. The average molecular weight is 710 g/mol. The number of nitrogen functional groups attached to an aromatic ring is 2. The lowest BCUT2D eigenvalue weighted by Gasteiger charge is -2.31. The molecule has 0 spiro atoms. The lowest BCUT2D eigenvalue weighted by atomic mass is 10.1. The van der Waals surface area contributed by atoms with Crippen molar-refractivity contribution in [3.05, 3.63) is 23.4 Å². The average Bonchev–Trinajstić information content (AvgIpc) is 3.72. The van der Waals surface area contributed by atoms with Gasteiger partial charge in [-0.05, 0) is 23.6 Å². The summed E-state index contributed by atoms with van der Waals surface area (Å²) < 4.78 is 66.9. The van der Waals surface area contributed by atoms with E-state index < -0.39 is 75.9 Å². The Kier molecular flexibility index (Phi) is 7.74. The van der Waals surface area contributed by atoms with Crippen LogP contribution in [-0.4, -0.2) is 95.5 Å². The largest absolute Gasteiger partial charge is 0.382 e. The molecule has 0 aromatic carbocycles. The van der Waals surface area contributed by atoms with Crippen LogP contribution in [0.1, 0.15) is 6.23 Å². The van der Waals surface area contributed by atoms with Crippen molar-refractivity contribution in [3.63, 3.8) is 0 Å². The van der Waals surface area contributed by atoms with Gasteiger partial charge in [0.25, 0.3) is 0 Å². The van der Waals surface area contributed by atoms with Gasteiger partial charge in [-0.15, -0.1) is 0 Å². The molecule has 3 aromatic heterocycles. The summed E-state index contributed by atoms with van der Waals surface area (Å²) in [4.78, 5) is 42.1. The highest BCUT2D eigenvalue weighted by atomic mass is 32.5. The molecule has 4 aliphatic heterocycles. The number of imidazole rings is 1. The number of halogens is 2. The first kappa shape index (κ1) is 31.0. The number of nitrogens with two attached hydrogens (primary N) is 2. The van der Waals surface area contributed by atoms with E-state index in [0.717, 1.165) is 6.33 Å². The Hall–Kier alpha value is -2.66. The van der Waals surface area contributed by atoms with Crippen LogP contribution in [0.4, 0.5) is 26.4 Å². The van der Waals surface area contributed by atoms with E-state index in [1.165, 1.54) is 15.9 Å². The second-order valence-corrected chi connectivity index (χ2v) is 15.6. The number of hydrazine groups is 1. The first-order valence-electron chi connectivity index (χ1n) is 12.9. The van der Waals surface area contributed by atoms with Crippen molar-refractivity contribution in [2.75, 3.05) is 29.7 Å². The zero-order valence-electron chi connectivity index (χ0n) is 22.4. The summed E-state index contributed by atoms with van der Waals surface area (Å²) >= 11 is 10.3. The summed E-state index contributed by atoms with van der Waals surface area (Å²) in [6.07, 6.45) is -10.5. The van der Waals surface area contributed by atoms with Crippen LogP contribution >= 0.6 is 13.4 Å². The first-order chi connectivity index (χ1) is 21.3. The molecular formula is C20H23F2N11O8P2S2. The van der Waals surface area contributed by atoms with Gasteiger partial charge in [0.1, 0.15) is 36.3 Å². The molecule has 0 radical (unpaired) electrons. The minimum Gasteiger partial charge on any atom is -0.382 e. The summed E-state index contributed by atoms with van der Waals surface area (Å²) in [6, 6.07) is 0. The van der Waals surface area contributed by atoms with Gasteiger partial charge in [-0.1, -0.05) is 6.58 Å². The Bertz CT molecular complexity index is 1880. The Balaban J connectivity index is 1.18. The van der Waals surface area contributed by atoms with Gasteiger partial charge >= 0.3 is 13.4 Å². The fraction of sp³-hybridized carbons (Fsp3) is 0.500. The molecule has 7 N–H and O–H groups in total. The molecule has 3 fully saturated rings. The van der Waals surface area contributed by atoms with Crippen molar-refractivity contribution in [3.8, 4) is 0 Å². The number of hydrogen-bond donors (Lipinski definition) is 5. The Morgan fingerprint density at radius 3 is 2.40 bits per heavy atom. The van der Waals surface area contributed by atoms with Crippen molar-refractivity contribution in [2.24, 2.45) is 5.10 Å². The number of fused-ring (bicyclic) bond motifs is 5. The number of nitrogens with zero attached hydrogens (tertiary/aromatic N) is 8. The highest BCUT2D eigenvalue weighted by molar-refractivity contribution is 8.07. The predicted octanol–water partition coefficient (Wildman–Crippen LogP) is -1.70. The Labute approximate surface area is 260 Å². The summed E-state index contributed by atoms with van der Waals surface area (Å²) in [7, 11) is 0. The van der Waals surface area contributed by atoms with Gasteiger partial charge in [-0.25, -0.2) is 39.3 Å². The van der Waals surface area contributed by atoms with Crippen LogP contribution in [0.5, 0.6) is 0 Å². The van der Waals surface area contributed by atoms with Crippen LogP contribution in [0.3, 0.4) is 0 Å². The molecule has 45 heavy (non-hydrogen) atoms. The number of aromatic nitrogens is 6. The topological polar surface area (TPSA) is 245 Å². The predicted molar refractivity (Wildman–Crippen MR) is 155 cm³/mol. The number of anilines is 3. The van der Waals surface area contributed by atoms with Gasteiger partial charge < -0.3 is 39.8 Å². The van der Waals surface area contributed by atoms with Crippen molar-refractivity contribution in [2.45, 2.75) is 49.2 Å². The molecule has 242 valence electrons. The van der Waals surface area contributed by atoms with Gasteiger partial charge in [0.15, 0.2) is 47.4 Å². The highest BCUT2D eigenvalue weighted by Gasteiger charge is 2.55. The maximum Gasteiger partial charge on any atom is 0.325 e. The highest BCUT2D eigenvalue weighted by Crippen LogP contribution is 2.54.